The number of carbonyl (C=O) groups is 3. The predicted octanol–water partition coefficient (Wildman–Crippen LogP) is 3.81. The lowest BCUT2D eigenvalue weighted by Gasteiger charge is -2.29. The number of fused-ring (bicyclic) bond motifs is 1. The smallest absolute Gasteiger partial charge is 0.335 e. The van der Waals surface area contributed by atoms with Gasteiger partial charge in [-0.15, -0.1) is 0 Å². The summed E-state index contributed by atoms with van der Waals surface area (Å²) in [5.74, 6) is -1.36. The number of carboxylic acids is 1. The molecule has 2 aromatic carbocycles. The lowest BCUT2D eigenvalue weighted by molar-refractivity contribution is -0.122. The lowest BCUT2D eigenvalue weighted by atomic mass is 9.98. The number of benzene rings is 2. The first-order valence-corrected chi connectivity index (χ1v) is 10.1. The fourth-order valence-corrected chi connectivity index (χ4v) is 3.99. The van der Waals surface area contributed by atoms with Crippen LogP contribution in [0.2, 0.25) is 5.02 Å². The van der Waals surface area contributed by atoms with Crippen molar-refractivity contribution < 1.29 is 19.5 Å². The van der Waals surface area contributed by atoms with Gasteiger partial charge in [-0.3, -0.25) is 14.6 Å². The third-order valence-electron chi connectivity index (χ3n) is 5.38. The molecule has 0 spiro atoms. The summed E-state index contributed by atoms with van der Waals surface area (Å²) in [5, 5.41) is 9.60. The van der Waals surface area contributed by atoms with Gasteiger partial charge in [0.15, 0.2) is 5.78 Å². The molecular weight excluding hydrogens is 416 g/mol. The van der Waals surface area contributed by atoms with Crippen molar-refractivity contribution in [3.8, 4) is 0 Å². The first-order valence-electron chi connectivity index (χ1n) is 9.75. The number of hydrogen-bond donors (Lipinski definition) is 1. The predicted molar refractivity (Wildman–Crippen MR) is 115 cm³/mol. The molecule has 0 bridgehead atoms. The zero-order chi connectivity index (χ0) is 22.0. The van der Waals surface area contributed by atoms with Crippen molar-refractivity contribution in [2.45, 2.75) is 25.4 Å². The van der Waals surface area contributed by atoms with Crippen LogP contribution in [-0.4, -0.2) is 38.7 Å². The second-order valence-corrected chi connectivity index (χ2v) is 7.90. The van der Waals surface area contributed by atoms with Crippen LogP contribution >= 0.6 is 11.6 Å². The number of Topliss-reactive ketones (excluding diaryl/α,β-unsaturated/α-hetero) is 1. The summed E-state index contributed by atoms with van der Waals surface area (Å²) in [4.78, 5) is 43.6. The number of carboxylic acid groups (broad SMARTS) is 1. The molecule has 7 heteroatoms. The third-order valence-corrected chi connectivity index (χ3v) is 5.61. The molecule has 1 aromatic heterocycles. The molecule has 0 radical (unpaired) electrons. The SMILES string of the molecule is O=C(O)c1ccc(CN2C(=O)c3ccc(Cl)cc3CC(=O)[C@H]2Cc2cccnc2)cc1. The van der Waals surface area contributed by atoms with E-state index in [2.05, 4.69) is 4.98 Å². The molecule has 1 aliphatic heterocycles. The number of rotatable bonds is 5. The van der Waals surface area contributed by atoms with E-state index < -0.39 is 12.0 Å². The summed E-state index contributed by atoms with van der Waals surface area (Å²) in [6, 6.07) is 14.3. The first kappa shape index (κ1) is 20.8. The van der Waals surface area contributed by atoms with Crippen LogP contribution < -0.4 is 0 Å². The first-order chi connectivity index (χ1) is 14.9. The summed E-state index contributed by atoms with van der Waals surface area (Å²) in [7, 11) is 0. The van der Waals surface area contributed by atoms with Crippen molar-refractivity contribution in [2.75, 3.05) is 0 Å². The maximum Gasteiger partial charge on any atom is 0.335 e. The minimum atomic E-state index is -1.02. The standard InChI is InChI=1S/C24H19ClN2O4/c25-19-7-8-20-18(11-19)12-22(28)21(10-16-2-1-9-26-13-16)27(23(20)29)14-15-3-5-17(6-4-15)24(30)31/h1-9,11,13,21H,10,12,14H2,(H,30,31)/t21-/m1/s1. The number of pyridine rings is 1. The van der Waals surface area contributed by atoms with Gasteiger partial charge in [0.2, 0.25) is 0 Å². The summed E-state index contributed by atoms with van der Waals surface area (Å²) >= 11 is 6.11. The summed E-state index contributed by atoms with van der Waals surface area (Å²) in [6.07, 6.45) is 3.80. The molecule has 1 aliphatic rings. The normalized spacial score (nSPS) is 16.0. The highest BCUT2D eigenvalue weighted by atomic mass is 35.5. The molecule has 0 saturated carbocycles. The van der Waals surface area contributed by atoms with E-state index in [9.17, 15) is 14.4 Å². The van der Waals surface area contributed by atoms with Gasteiger partial charge in [0.1, 0.15) is 0 Å². The Bertz CT molecular complexity index is 1150. The van der Waals surface area contributed by atoms with Gasteiger partial charge in [0.05, 0.1) is 11.6 Å². The average molecular weight is 435 g/mol. The van der Waals surface area contributed by atoms with Crippen molar-refractivity contribution >= 4 is 29.3 Å². The minimum Gasteiger partial charge on any atom is -0.478 e. The Hall–Kier alpha value is -3.51. The van der Waals surface area contributed by atoms with Gasteiger partial charge in [-0.25, -0.2) is 4.79 Å². The summed E-state index contributed by atoms with van der Waals surface area (Å²) in [6.45, 7) is 0.178. The number of aromatic nitrogens is 1. The van der Waals surface area contributed by atoms with E-state index in [1.165, 1.54) is 12.1 Å². The van der Waals surface area contributed by atoms with Crippen molar-refractivity contribution in [1.29, 1.82) is 0 Å². The monoisotopic (exact) mass is 434 g/mol. The Kier molecular flexibility index (Phi) is 5.82. The lowest BCUT2D eigenvalue weighted by Crippen LogP contribution is -2.44. The van der Waals surface area contributed by atoms with Crippen LogP contribution in [0.15, 0.2) is 67.0 Å². The number of aromatic carboxylic acids is 1. The molecule has 0 unspecified atom stereocenters. The summed E-state index contributed by atoms with van der Waals surface area (Å²) in [5.41, 5.74) is 2.81. The highest BCUT2D eigenvalue weighted by Crippen LogP contribution is 2.27. The number of nitrogens with zero attached hydrogens (tertiary/aromatic N) is 2. The fraction of sp³-hybridized carbons (Fsp3) is 0.167. The third kappa shape index (κ3) is 4.49. The largest absolute Gasteiger partial charge is 0.478 e. The molecule has 31 heavy (non-hydrogen) atoms. The average Bonchev–Trinajstić information content (AvgIpc) is 2.85. The Labute approximate surface area is 184 Å². The molecule has 0 fully saturated rings. The van der Waals surface area contributed by atoms with E-state index in [1.807, 2.05) is 6.07 Å². The number of halogens is 1. The van der Waals surface area contributed by atoms with Crippen LogP contribution in [0, 0.1) is 0 Å². The van der Waals surface area contributed by atoms with Crippen LogP contribution in [0.1, 0.15) is 37.4 Å². The van der Waals surface area contributed by atoms with Crippen molar-refractivity contribution in [3.63, 3.8) is 0 Å². The molecule has 4 rings (SSSR count). The molecule has 6 nitrogen and oxygen atoms in total. The van der Waals surface area contributed by atoms with Gasteiger partial charge in [-0.2, -0.15) is 0 Å². The van der Waals surface area contributed by atoms with Crippen molar-refractivity contribution in [1.82, 2.24) is 9.88 Å². The van der Waals surface area contributed by atoms with Gasteiger partial charge in [0, 0.05) is 42.4 Å². The highest BCUT2D eigenvalue weighted by Gasteiger charge is 2.35. The van der Waals surface area contributed by atoms with Crippen LogP contribution in [0.25, 0.3) is 0 Å². The molecule has 1 N–H and O–H groups in total. The highest BCUT2D eigenvalue weighted by molar-refractivity contribution is 6.30. The molecule has 1 amide bonds. The zero-order valence-corrected chi connectivity index (χ0v) is 17.2. The van der Waals surface area contributed by atoms with E-state index in [0.29, 0.717) is 22.6 Å². The second-order valence-electron chi connectivity index (χ2n) is 7.46. The van der Waals surface area contributed by atoms with E-state index in [4.69, 9.17) is 16.7 Å². The molecular formula is C24H19ClN2O4. The van der Waals surface area contributed by atoms with Crippen LogP contribution in [-0.2, 0) is 24.2 Å². The Morgan fingerprint density at radius 1 is 1.10 bits per heavy atom. The molecule has 1 atom stereocenters. The van der Waals surface area contributed by atoms with E-state index in [0.717, 1.165) is 11.1 Å². The fourth-order valence-electron chi connectivity index (χ4n) is 3.79. The van der Waals surface area contributed by atoms with Crippen LogP contribution in [0.3, 0.4) is 0 Å². The van der Waals surface area contributed by atoms with Crippen LogP contribution in [0.4, 0.5) is 0 Å². The number of carbonyl (C=O) groups excluding carboxylic acids is 2. The van der Waals surface area contributed by atoms with E-state index in [1.54, 1.807) is 53.7 Å². The van der Waals surface area contributed by atoms with Crippen molar-refractivity contribution in [2.24, 2.45) is 0 Å². The van der Waals surface area contributed by atoms with Crippen molar-refractivity contribution in [3.05, 3.63) is 99.8 Å². The Morgan fingerprint density at radius 3 is 2.55 bits per heavy atom. The maximum absolute atomic E-state index is 13.5. The quantitative estimate of drug-likeness (QED) is 0.659. The maximum atomic E-state index is 13.5. The molecule has 156 valence electrons. The number of amides is 1. The number of hydrogen-bond acceptors (Lipinski definition) is 4. The van der Waals surface area contributed by atoms with Gasteiger partial charge in [-0.05, 0) is 53.1 Å². The van der Waals surface area contributed by atoms with Gasteiger partial charge >= 0.3 is 5.97 Å². The summed E-state index contributed by atoms with van der Waals surface area (Å²) < 4.78 is 0. The second kappa shape index (κ2) is 8.70. The Balaban J connectivity index is 1.73. The van der Waals surface area contributed by atoms with Gasteiger partial charge < -0.3 is 10.0 Å². The van der Waals surface area contributed by atoms with E-state index >= 15 is 0 Å². The topological polar surface area (TPSA) is 87.6 Å². The molecule has 2 heterocycles. The molecule has 0 saturated heterocycles. The Morgan fingerprint density at radius 2 is 1.87 bits per heavy atom. The van der Waals surface area contributed by atoms with Gasteiger partial charge in [-0.1, -0.05) is 29.8 Å². The van der Waals surface area contributed by atoms with Gasteiger partial charge in [0.25, 0.3) is 5.91 Å². The molecule has 0 aliphatic carbocycles. The minimum absolute atomic E-state index is 0.0830. The van der Waals surface area contributed by atoms with Crippen LogP contribution in [0.5, 0.6) is 0 Å². The molecule has 3 aromatic rings. The van der Waals surface area contributed by atoms with E-state index in [-0.39, 0.29) is 30.2 Å². The number of ketones is 1. The zero-order valence-electron chi connectivity index (χ0n) is 16.5.